The van der Waals surface area contributed by atoms with Crippen LogP contribution in [0, 0.1) is 12.8 Å². The molecule has 0 spiro atoms. The minimum absolute atomic E-state index is 0.0265. The Kier molecular flexibility index (Phi) is 5.01. The van der Waals surface area contributed by atoms with E-state index in [0.29, 0.717) is 11.5 Å². The van der Waals surface area contributed by atoms with Crippen molar-refractivity contribution in [2.45, 2.75) is 32.7 Å². The fraction of sp³-hybridized carbons (Fsp3) is 0.562. The molecule has 1 aromatic carbocycles. The lowest BCUT2D eigenvalue weighted by molar-refractivity contribution is 0.0921. The molecule has 0 aromatic heterocycles. The third-order valence-corrected chi connectivity index (χ3v) is 4.07. The Morgan fingerprint density at radius 3 is 2.95 bits per heavy atom. The van der Waals surface area contributed by atoms with Gasteiger partial charge in [-0.3, -0.25) is 4.79 Å². The predicted molar refractivity (Wildman–Crippen MR) is 80.3 cm³/mol. The molecule has 1 aliphatic rings. The number of rotatable bonds is 4. The van der Waals surface area contributed by atoms with Crippen molar-refractivity contribution in [1.82, 2.24) is 10.6 Å². The van der Waals surface area contributed by atoms with Gasteiger partial charge in [-0.1, -0.05) is 6.07 Å². The van der Waals surface area contributed by atoms with Crippen LogP contribution in [0.5, 0.6) is 5.75 Å². The van der Waals surface area contributed by atoms with Crippen LogP contribution in [-0.4, -0.2) is 32.1 Å². The third kappa shape index (κ3) is 3.51. The van der Waals surface area contributed by atoms with Crippen molar-refractivity contribution in [2.75, 3.05) is 20.2 Å². The Balaban J connectivity index is 2.00. The zero-order valence-corrected chi connectivity index (χ0v) is 12.5. The summed E-state index contributed by atoms with van der Waals surface area (Å²) >= 11 is 0. The Morgan fingerprint density at radius 1 is 1.50 bits per heavy atom. The van der Waals surface area contributed by atoms with Gasteiger partial charge in [-0.05, 0) is 63.4 Å². The highest BCUT2D eigenvalue weighted by atomic mass is 16.5. The molecule has 1 aromatic rings. The van der Waals surface area contributed by atoms with Crippen LogP contribution in [0.3, 0.4) is 0 Å². The number of carbonyl (C=O) groups is 1. The fourth-order valence-electron chi connectivity index (χ4n) is 2.67. The lowest BCUT2D eigenvalue weighted by atomic mass is 9.92. The largest absolute Gasteiger partial charge is 0.496 e. The quantitative estimate of drug-likeness (QED) is 0.885. The molecule has 1 saturated heterocycles. The van der Waals surface area contributed by atoms with Gasteiger partial charge < -0.3 is 15.4 Å². The topological polar surface area (TPSA) is 50.4 Å². The van der Waals surface area contributed by atoms with Gasteiger partial charge in [0.15, 0.2) is 0 Å². The van der Waals surface area contributed by atoms with Crippen LogP contribution in [0.2, 0.25) is 0 Å². The summed E-state index contributed by atoms with van der Waals surface area (Å²) in [6.07, 6.45) is 2.36. The lowest BCUT2D eigenvalue weighted by Gasteiger charge is -2.29. The molecule has 4 heteroatoms. The van der Waals surface area contributed by atoms with E-state index in [1.807, 2.05) is 19.1 Å². The number of amides is 1. The van der Waals surface area contributed by atoms with Gasteiger partial charge in [0.05, 0.1) is 7.11 Å². The Bertz CT molecular complexity index is 468. The zero-order chi connectivity index (χ0) is 14.5. The van der Waals surface area contributed by atoms with Gasteiger partial charge >= 0.3 is 0 Å². The highest BCUT2D eigenvalue weighted by Gasteiger charge is 2.21. The van der Waals surface area contributed by atoms with Crippen molar-refractivity contribution in [1.29, 1.82) is 0 Å². The van der Waals surface area contributed by atoms with Gasteiger partial charge in [0.1, 0.15) is 5.75 Å². The molecule has 1 amide bonds. The van der Waals surface area contributed by atoms with Crippen LogP contribution < -0.4 is 15.4 Å². The van der Waals surface area contributed by atoms with Crippen molar-refractivity contribution in [3.05, 3.63) is 29.3 Å². The normalized spacial score (nSPS) is 20.2. The second-order valence-electron chi connectivity index (χ2n) is 5.55. The van der Waals surface area contributed by atoms with Crippen molar-refractivity contribution < 1.29 is 9.53 Å². The average Bonchev–Trinajstić information content (AvgIpc) is 2.48. The minimum Gasteiger partial charge on any atom is -0.496 e. The summed E-state index contributed by atoms with van der Waals surface area (Å²) in [4.78, 5) is 12.3. The van der Waals surface area contributed by atoms with Gasteiger partial charge in [0.25, 0.3) is 5.91 Å². The minimum atomic E-state index is -0.0265. The number of nitrogens with one attached hydrogen (secondary N) is 2. The van der Waals surface area contributed by atoms with Crippen molar-refractivity contribution in [3.63, 3.8) is 0 Å². The molecule has 110 valence electrons. The molecule has 1 fully saturated rings. The van der Waals surface area contributed by atoms with E-state index in [1.54, 1.807) is 13.2 Å². The number of benzene rings is 1. The summed E-state index contributed by atoms with van der Waals surface area (Å²) in [7, 11) is 1.63. The van der Waals surface area contributed by atoms with E-state index in [1.165, 1.54) is 12.8 Å². The lowest BCUT2D eigenvalue weighted by Crippen LogP contribution is -2.44. The van der Waals surface area contributed by atoms with Gasteiger partial charge in [-0.2, -0.15) is 0 Å². The molecular weight excluding hydrogens is 252 g/mol. The highest BCUT2D eigenvalue weighted by molar-refractivity contribution is 5.94. The number of piperidine rings is 1. The molecule has 20 heavy (non-hydrogen) atoms. The molecule has 2 N–H and O–H groups in total. The van der Waals surface area contributed by atoms with E-state index >= 15 is 0 Å². The first-order valence-electron chi connectivity index (χ1n) is 7.28. The number of ether oxygens (including phenoxy) is 1. The van der Waals surface area contributed by atoms with E-state index in [9.17, 15) is 4.79 Å². The van der Waals surface area contributed by atoms with E-state index < -0.39 is 0 Å². The summed E-state index contributed by atoms with van der Waals surface area (Å²) in [6, 6.07) is 5.75. The van der Waals surface area contributed by atoms with Crippen LogP contribution in [0.4, 0.5) is 0 Å². The molecule has 2 atom stereocenters. The van der Waals surface area contributed by atoms with Gasteiger partial charge in [0, 0.05) is 11.6 Å². The number of methoxy groups -OCH3 is 1. The maximum Gasteiger partial charge on any atom is 0.251 e. The summed E-state index contributed by atoms with van der Waals surface area (Å²) in [5.41, 5.74) is 1.69. The fourth-order valence-corrected chi connectivity index (χ4v) is 2.67. The van der Waals surface area contributed by atoms with Gasteiger partial charge in [-0.15, -0.1) is 0 Å². The molecule has 0 aliphatic carbocycles. The van der Waals surface area contributed by atoms with Crippen LogP contribution in [0.1, 0.15) is 35.7 Å². The zero-order valence-electron chi connectivity index (χ0n) is 12.5. The highest BCUT2D eigenvalue weighted by Crippen LogP contribution is 2.20. The number of hydrogen-bond acceptors (Lipinski definition) is 3. The first kappa shape index (κ1) is 14.9. The standard InChI is InChI=1S/C16H24N2O2/c1-11-6-7-13(9-15(11)20-3)16(19)18-12(2)14-5-4-8-17-10-14/h6-7,9,12,14,17H,4-5,8,10H2,1-3H3,(H,18,19). The number of hydrogen-bond donors (Lipinski definition) is 2. The van der Waals surface area contributed by atoms with Crippen molar-refractivity contribution in [3.8, 4) is 5.75 Å². The van der Waals surface area contributed by atoms with Gasteiger partial charge in [-0.25, -0.2) is 0 Å². The van der Waals surface area contributed by atoms with Gasteiger partial charge in [0.2, 0.25) is 0 Å². The van der Waals surface area contributed by atoms with Crippen molar-refractivity contribution in [2.24, 2.45) is 5.92 Å². The van der Waals surface area contributed by atoms with Crippen LogP contribution >= 0.6 is 0 Å². The molecule has 4 nitrogen and oxygen atoms in total. The van der Waals surface area contributed by atoms with E-state index in [2.05, 4.69) is 17.6 Å². The Morgan fingerprint density at radius 2 is 2.30 bits per heavy atom. The smallest absolute Gasteiger partial charge is 0.251 e. The summed E-state index contributed by atoms with van der Waals surface area (Å²) in [5.74, 6) is 1.24. The van der Waals surface area contributed by atoms with Crippen molar-refractivity contribution >= 4 is 5.91 Å². The van der Waals surface area contributed by atoms with E-state index in [4.69, 9.17) is 4.74 Å². The third-order valence-electron chi connectivity index (χ3n) is 4.07. The average molecular weight is 276 g/mol. The second-order valence-corrected chi connectivity index (χ2v) is 5.55. The summed E-state index contributed by atoms with van der Waals surface area (Å²) in [6.45, 7) is 6.13. The van der Waals surface area contributed by atoms with Crippen LogP contribution in [0.15, 0.2) is 18.2 Å². The predicted octanol–water partition coefficient (Wildman–Crippen LogP) is 2.12. The molecule has 0 saturated carbocycles. The Hall–Kier alpha value is -1.55. The van der Waals surface area contributed by atoms with Crippen LogP contribution in [-0.2, 0) is 0 Å². The number of carbonyl (C=O) groups excluding carboxylic acids is 1. The first-order valence-corrected chi connectivity index (χ1v) is 7.28. The molecule has 0 radical (unpaired) electrons. The maximum atomic E-state index is 12.3. The van der Waals surface area contributed by atoms with E-state index in [-0.39, 0.29) is 11.9 Å². The molecule has 2 rings (SSSR count). The monoisotopic (exact) mass is 276 g/mol. The maximum absolute atomic E-state index is 12.3. The molecule has 1 aliphatic heterocycles. The second kappa shape index (κ2) is 6.75. The Labute approximate surface area is 120 Å². The SMILES string of the molecule is COc1cc(C(=O)NC(C)C2CCCNC2)ccc1C. The van der Waals surface area contributed by atoms with Crippen LogP contribution in [0.25, 0.3) is 0 Å². The van der Waals surface area contributed by atoms with E-state index in [0.717, 1.165) is 24.4 Å². The molecule has 2 unspecified atom stereocenters. The number of aryl methyl sites for hydroxylation is 1. The first-order chi connectivity index (χ1) is 9.61. The molecular formula is C16H24N2O2. The molecule has 1 heterocycles. The summed E-state index contributed by atoms with van der Waals surface area (Å²) < 4.78 is 5.27. The summed E-state index contributed by atoms with van der Waals surface area (Å²) in [5, 5.41) is 6.49. The molecule has 0 bridgehead atoms.